The van der Waals surface area contributed by atoms with Crippen molar-refractivity contribution in [2.45, 2.75) is 12.5 Å². The average molecular weight is 288 g/mol. The molecular formula is C12H20N2O4S. The molecule has 0 bridgehead atoms. The molecule has 0 aliphatic heterocycles. The number of hydrogen-bond acceptors (Lipinski definition) is 4. The maximum absolute atomic E-state index is 11.7. The third-order valence-electron chi connectivity index (χ3n) is 2.47. The van der Waals surface area contributed by atoms with Crippen LogP contribution in [0.4, 0.5) is 0 Å². The second-order valence-corrected chi connectivity index (χ2v) is 5.61. The first-order chi connectivity index (χ1) is 9.07. The Balaban J connectivity index is 2.52. The summed E-state index contributed by atoms with van der Waals surface area (Å²) in [5, 5.41) is 9.24. The van der Waals surface area contributed by atoms with E-state index in [-0.39, 0.29) is 13.2 Å². The summed E-state index contributed by atoms with van der Waals surface area (Å²) < 4.78 is 32.9. The number of nitrogens with one attached hydrogen (secondary N) is 2. The van der Waals surface area contributed by atoms with Crippen LogP contribution < -0.4 is 9.44 Å². The van der Waals surface area contributed by atoms with Gasteiger partial charge >= 0.3 is 0 Å². The van der Waals surface area contributed by atoms with Gasteiger partial charge in [0.25, 0.3) is 10.2 Å². The van der Waals surface area contributed by atoms with Gasteiger partial charge in [-0.15, -0.1) is 0 Å². The lowest BCUT2D eigenvalue weighted by Gasteiger charge is -2.16. The van der Waals surface area contributed by atoms with Gasteiger partial charge in [-0.25, -0.2) is 0 Å². The van der Waals surface area contributed by atoms with E-state index in [4.69, 9.17) is 4.74 Å². The summed E-state index contributed by atoms with van der Waals surface area (Å²) in [6.07, 6.45) is 0.433. The molecule has 0 heterocycles. The molecule has 0 saturated carbocycles. The molecule has 1 aromatic carbocycles. The maximum Gasteiger partial charge on any atom is 0.277 e. The summed E-state index contributed by atoms with van der Waals surface area (Å²) in [4.78, 5) is 0. The van der Waals surface area contributed by atoms with E-state index in [0.29, 0.717) is 13.0 Å². The second-order valence-electron chi connectivity index (χ2n) is 4.08. The summed E-state index contributed by atoms with van der Waals surface area (Å²) in [7, 11) is -2.13. The van der Waals surface area contributed by atoms with E-state index in [1.807, 2.05) is 30.3 Å². The van der Waals surface area contributed by atoms with Crippen LogP contribution in [0.3, 0.4) is 0 Å². The monoisotopic (exact) mass is 288 g/mol. The highest BCUT2D eigenvalue weighted by Gasteiger charge is 2.16. The molecule has 108 valence electrons. The average Bonchev–Trinajstić information content (AvgIpc) is 2.39. The van der Waals surface area contributed by atoms with Gasteiger partial charge in [-0.05, 0) is 12.0 Å². The fourth-order valence-corrected chi connectivity index (χ4v) is 2.61. The third kappa shape index (κ3) is 6.65. The first kappa shape index (κ1) is 16.1. The van der Waals surface area contributed by atoms with Crippen molar-refractivity contribution in [1.29, 1.82) is 0 Å². The fraction of sp³-hybridized carbons (Fsp3) is 0.500. The van der Waals surface area contributed by atoms with E-state index in [9.17, 15) is 13.5 Å². The predicted molar refractivity (Wildman–Crippen MR) is 73.0 cm³/mol. The predicted octanol–water partition coefficient (Wildman–Crippen LogP) is -0.340. The second kappa shape index (κ2) is 8.23. The lowest BCUT2D eigenvalue weighted by atomic mass is 10.1. The zero-order valence-corrected chi connectivity index (χ0v) is 11.7. The van der Waals surface area contributed by atoms with Crippen molar-refractivity contribution in [3.05, 3.63) is 35.9 Å². The molecule has 3 N–H and O–H groups in total. The van der Waals surface area contributed by atoms with Gasteiger partial charge in [0.05, 0.1) is 19.3 Å². The SMILES string of the molecule is COCCNS(=O)(=O)NC(CO)Cc1ccccc1. The van der Waals surface area contributed by atoms with E-state index in [1.54, 1.807) is 0 Å². The van der Waals surface area contributed by atoms with Crippen LogP contribution in [-0.2, 0) is 21.4 Å². The molecule has 19 heavy (non-hydrogen) atoms. The molecule has 7 heteroatoms. The van der Waals surface area contributed by atoms with Crippen molar-refractivity contribution in [1.82, 2.24) is 9.44 Å². The topological polar surface area (TPSA) is 87.7 Å². The van der Waals surface area contributed by atoms with Crippen molar-refractivity contribution in [3.8, 4) is 0 Å². The van der Waals surface area contributed by atoms with E-state index < -0.39 is 16.3 Å². The van der Waals surface area contributed by atoms with Crippen LogP contribution in [0.15, 0.2) is 30.3 Å². The minimum atomic E-state index is -3.63. The maximum atomic E-state index is 11.7. The summed E-state index contributed by atoms with van der Waals surface area (Å²) in [6, 6.07) is 8.84. The highest BCUT2D eigenvalue weighted by Crippen LogP contribution is 2.03. The zero-order valence-electron chi connectivity index (χ0n) is 10.9. The van der Waals surface area contributed by atoms with Gasteiger partial charge in [0.15, 0.2) is 0 Å². The fourth-order valence-electron chi connectivity index (χ4n) is 1.58. The van der Waals surface area contributed by atoms with Crippen molar-refractivity contribution in [2.75, 3.05) is 26.9 Å². The molecule has 0 aliphatic rings. The van der Waals surface area contributed by atoms with Crippen molar-refractivity contribution < 1.29 is 18.3 Å². The van der Waals surface area contributed by atoms with Gasteiger partial charge in [-0.2, -0.15) is 17.9 Å². The Kier molecular flexibility index (Phi) is 6.96. The number of aliphatic hydroxyl groups excluding tert-OH is 1. The van der Waals surface area contributed by atoms with Crippen molar-refractivity contribution >= 4 is 10.2 Å². The van der Waals surface area contributed by atoms with Gasteiger partial charge < -0.3 is 9.84 Å². The number of aliphatic hydroxyl groups is 1. The number of rotatable bonds is 9. The summed E-state index contributed by atoms with van der Waals surface area (Å²) in [5.74, 6) is 0. The van der Waals surface area contributed by atoms with Crippen LogP contribution in [-0.4, -0.2) is 46.4 Å². The number of hydrogen-bond donors (Lipinski definition) is 3. The highest BCUT2D eigenvalue weighted by atomic mass is 32.2. The Labute approximate surface area is 114 Å². The summed E-state index contributed by atoms with van der Waals surface area (Å²) >= 11 is 0. The van der Waals surface area contributed by atoms with E-state index in [2.05, 4.69) is 9.44 Å². The van der Waals surface area contributed by atoms with Gasteiger partial charge in [-0.1, -0.05) is 30.3 Å². The minimum absolute atomic E-state index is 0.190. The molecule has 0 saturated heterocycles. The Morgan fingerprint density at radius 1 is 1.32 bits per heavy atom. The van der Waals surface area contributed by atoms with Gasteiger partial charge in [0, 0.05) is 13.7 Å². The molecule has 0 aromatic heterocycles. The Hall–Kier alpha value is -0.990. The summed E-state index contributed by atoms with van der Waals surface area (Å²) in [5.41, 5.74) is 0.959. The number of ether oxygens (including phenoxy) is 1. The van der Waals surface area contributed by atoms with Crippen LogP contribution >= 0.6 is 0 Å². The molecule has 1 unspecified atom stereocenters. The first-order valence-corrected chi connectivity index (χ1v) is 7.46. The Bertz CT molecular complexity index is 450. The molecule has 0 amide bonds. The molecule has 0 radical (unpaired) electrons. The van der Waals surface area contributed by atoms with Crippen LogP contribution in [0.25, 0.3) is 0 Å². The van der Waals surface area contributed by atoms with Crippen LogP contribution in [0.1, 0.15) is 5.56 Å². The van der Waals surface area contributed by atoms with Gasteiger partial charge in [-0.3, -0.25) is 0 Å². The molecule has 1 aromatic rings. The van der Waals surface area contributed by atoms with Crippen molar-refractivity contribution in [2.24, 2.45) is 0 Å². The van der Waals surface area contributed by atoms with Gasteiger partial charge in [0.1, 0.15) is 0 Å². The Morgan fingerprint density at radius 3 is 2.58 bits per heavy atom. The largest absolute Gasteiger partial charge is 0.395 e. The molecule has 0 spiro atoms. The van der Waals surface area contributed by atoms with Crippen LogP contribution in [0, 0.1) is 0 Å². The quantitative estimate of drug-likeness (QED) is 0.543. The smallest absolute Gasteiger partial charge is 0.277 e. The van der Waals surface area contributed by atoms with E-state index in [1.165, 1.54) is 7.11 Å². The highest BCUT2D eigenvalue weighted by molar-refractivity contribution is 7.87. The third-order valence-corrected chi connectivity index (χ3v) is 3.69. The molecular weight excluding hydrogens is 268 g/mol. The lowest BCUT2D eigenvalue weighted by Crippen LogP contribution is -2.46. The normalized spacial score (nSPS) is 13.4. The summed E-state index contributed by atoms with van der Waals surface area (Å²) in [6.45, 7) is 0.221. The Morgan fingerprint density at radius 2 is 2.00 bits per heavy atom. The van der Waals surface area contributed by atoms with Gasteiger partial charge in [0.2, 0.25) is 0 Å². The van der Waals surface area contributed by atoms with Crippen LogP contribution in [0.2, 0.25) is 0 Å². The standard InChI is InChI=1S/C12H20N2O4S/c1-18-8-7-13-19(16,17)14-12(10-15)9-11-5-3-2-4-6-11/h2-6,12-15H,7-10H2,1H3. The zero-order chi connectivity index (χ0) is 14.1. The molecule has 0 aliphatic carbocycles. The van der Waals surface area contributed by atoms with E-state index in [0.717, 1.165) is 5.56 Å². The molecule has 1 rings (SSSR count). The minimum Gasteiger partial charge on any atom is -0.395 e. The molecule has 0 fully saturated rings. The number of benzene rings is 1. The molecule has 1 atom stereocenters. The van der Waals surface area contributed by atoms with Crippen molar-refractivity contribution in [3.63, 3.8) is 0 Å². The first-order valence-electron chi connectivity index (χ1n) is 5.98. The van der Waals surface area contributed by atoms with Crippen LogP contribution in [0.5, 0.6) is 0 Å². The molecule has 6 nitrogen and oxygen atoms in total. The van der Waals surface area contributed by atoms with E-state index >= 15 is 0 Å². The lowest BCUT2D eigenvalue weighted by molar-refractivity contribution is 0.204. The number of methoxy groups -OCH3 is 1.